The number of nitrogens with zero attached hydrogens (tertiary/aromatic N) is 1. The Labute approximate surface area is 120 Å². The summed E-state index contributed by atoms with van der Waals surface area (Å²) in [6.07, 6.45) is 0.981. The predicted molar refractivity (Wildman–Crippen MR) is 79.9 cm³/mol. The Balaban J connectivity index is 2.03. The van der Waals surface area contributed by atoms with Gasteiger partial charge in [-0.05, 0) is 44.1 Å². The summed E-state index contributed by atoms with van der Waals surface area (Å²) >= 11 is 0. The summed E-state index contributed by atoms with van der Waals surface area (Å²) in [4.78, 5) is 14.6. The maximum absolute atomic E-state index is 12.3. The molecule has 0 radical (unpaired) electrons. The maximum atomic E-state index is 12.3. The molecule has 5 nitrogen and oxygen atoms in total. The highest BCUT2D eigenvalue weighted by Gasteiger charge is 2.25. The smallest absolute Gasteiger partial charge is 0.251 e. The number of methoxy groups -OCH3 is 1. The Hall–Kier alpha value is -1.75. The molecule has 2 unspecified atom stereocenters. The molecule has 1 aliphatic rings. The standard InChI is InChI=1S/C15H23N3O2/c1-10-9-18(2)7-6-13(10)17-15(19)11-4-5-14(20-3)12(16)8-11/h4-5,8,10,13H,6-7,9,16H2,1-3H3,(H,17,19). The summed E-state index contributed by atoms with van der Waals surface area (Å²) < 4.78 is 5.10. The van der Waals surface area contributed by atoms with Crippen LogP contribution in [-0.4, -0.2) is 44.1 Å². The highest BCUT2D eigenvalue weighted by atomic mass is 16.5. The molecule has 2 rings (SSSR count). The minimum atomic E-state index is -0.0687. The van der Waals surface area contributed by atoms with E-state index >= 15 is 0 Å². The highest BCUT2D eigenvalue weighted by molar-refractivity contribution is 5.95. The lowest BCUT2D eigenvalue weighted by molar-refractivity contribution is 0.0884. The number of carbonyl (C=O) groups is 1. The lowest BCUT2D eigenvalue weighted by Gasteiger charge is -2.35. The average molecular weight is 277 g/mol. The summed E-state index contributed by atoms with van der Waals surface area (Å²) in [7, 11) is 3.67. The van der Waals surface area contributed by atoms with Crippen LogP contribution < -0.4 is 15.8 Å². The lowest BCUT2D eigenvalue weighted by atomic mass is 9.94. The quantitative estimate of drug-likeness (QED) is 0.818. The maximum Gasteiger partial charge on any atom is 0.251 e. The van der Waals surface area contributed by atoms with E-state index in [1.807, 2.05) is 0 Å². The molecule has 0 bridgehead atoms. The van der Waals surface area contributed by atoms with Gasteiger partial charge in [-0.1, -0.05) is 6.92 Å². The molecular formula is C15H23N3O2. The van der Waals surface area contributed by atoms with Crippen molar-refractivity contribution in [1.29, 1.82) is 0 Å². The first kappa shape index (κ1) is 14.7. The molecule has 0 spiro atoms. The molecule has 110 valence electrons. The number of likely N-dealkylation sites (tertiary alicyclic amines) is 1. The van der Waals surface area contributed by atoms with Crippen molar-refractivity contribution in [2.24, 2.45) is 5.92 Å². The Bertz CT molecular complexity index is 490. The predicted octanol–water partition coefficient (Wildman–Crippen LogP) is 1.35. The molecule has 1 saturated heterocycles. The van der Waals surface area contributed by atoms with E-state index in [0.29, 0.717) is 22.9 Å². The van der Waals surface area contributed by atoms with Crippen molar-refractivity contribution in [3.63, 3.8) is 0 Å². The topological polar surface area (TPSA) is 67.6 Å². The van der Waals surface area contributed by atoms with Crippen molar-refractivity contribution in [2.45, 2.75) is 19.4 Å². The monoisotopic (exact) mass is 277 g/mol. The van der Waals surface area contributed by atoms with Crippen LogP contribution in [0.2, 0.25) is 0 Å². The van der Waals surface area contributed by atoms with E-state index in [9.17, 15) is 4.79 Å². The van der Waals surface area contributed by atoms with Crippen LogP contribution in [0, 0.1) is 5.92 Å². The zero-order chi connectivity index (χ0) is 14.7. The fraction of sp³-hybridized carbons (Fsp3) is 0.533. The summed E-state index contributed by atoms with van der Waals surface area (Å²) in [6.45, 7) is 4.19. The fourth-order valence-corrected chi connectivity index (χ4v) is 2.70. The molecule has 1 amide bonds. The van der Waals surface area contributed by atoms with Crippen molar-refractivity contribution in [3.8, 4) is 5.75 Å². The number of benzene rings is 1. The lowest BCUT2D eigenvalue weighted by Crippen LogP contribution is -2.48. The number of ether oxygens (including phenoxy) is 1. The molecular weight excluding hydrogens is 254 g/mol. The molecule has 0 aromatic heterocycles. The van der Waals surface area contributed by atoms with Gasteiger partial charge in [-0.2, -0.15) is 0 Å². The van der Waals surface area contributed by atoms with Crippen molar-refractivity contribution in [2.75, 3.05) is 33.0 Å². The Morgan fingerprint density at radius 1 is 1.50 bits per heavy atom. The number of hydrogen-bond donors (Lipinski definition) is 2. The molecule has 1 aromatic carbocycles. The van der Waals surface area contributed by atoms with E-state index in [1.165, 1.54) is 0 Å². The van der Waals surface area contributed by atoms with E-state index in [4.69, 9.17) is 10.5 Å². The number of piperidine rings is 1. The molecule has 1 heterocycles. The van der Waals surface area contributed by atoms with E-state index in [1.54, 1.807) is 25.3 Å². The van der Waals surface area contributed by atoms with Gasteiger partial charge in [0, 0.05) is 18.2 Å². The van der Waals surface area contributed by atoms with Crippen LogP contribution in [-0.2, 0) is 0 Å². The van der Waals surface area contributed by atoms with Gasteiger partial charge in [0.05, 0.1) is 12.8 Å². The Morgan fingerprint density at radius 3 is 2.85 bits per heavy atom. The number of carbonyl (C=O) groups excluding carboxylic acids is 1. The van der Waals surface area contributed by atoms with Gasteiger partial charge < -0.3 is 20.7 Å². The van der Waals surface area contributed by atoms with Crippen molar-refractivity contribution in [3.05, 3.63) is 23.8 Å². The first-order valence-corrected chi connectivity index (χ1v) is 6.94. The van der Waals surface area contributed by atoms with Crippen LogP contribution in [0.3, 0.4) is 0 Å². The third-order valence-electron chi connectivity index (χ3n) is 3.92. The van der Waals surface area contributed by atoms with Crippen LogP contribution in [0.5, 0.6) is 5.75 Å². The SMILES string of the molecule is COc1ccc(C(=O)NC2CCN(C)CC2C)cc1N. The highest BCUT2D eigenvalue weighted by Crippen LogP contribution is 2.22. The molecule has 2 atom stereocenters. The summed E-state index contributed by atoms with van der Waals surface area (Å²) in [5, 5.41) is 3.11. The van der Waals surface area contributed by atoms with Gasteiger partial charge in [0.15, 0.2) is 0 Å². The van der Waals surface area contributed by atoms with Gasteiger partial charge in [0.1, 0.15) is 5.75 Å². The fourth-order valence-electron chi connectivity index (χ4n) is 2.70. The number of nitrogens with one attached hydrogen (secondary N) is 1. The number of nitrogen functional groups attached to an aromatic ring is 1. The zero-order valence-electron chi connectivity index (χ0n) is 12.3. The Kier molecular flexibility index (Phi) is 4.49. The Morgan fingerprint density at radius 2 is 2.25 bits per heavy atom. The van der Waals surface area contributed by atoms with E-state index in [-0.39, 0.29) is 11.9 Å². The molecule has 3 N–H and O–H groups in total. The normalized spacial score (nSPS) is 23.4. The van der Waals surface area contributed by atoms with Gasteiger partial charge in [0.25, 0.3) is 5.91 Å². The van der Waals surface area contributed by atoms with E-state index < -0.39 is 0 Å². The summed E-state index contributed by atoms with van der Waals surface area (Å²) in [5.74, 6) is 0.975. The van der Waals surface area contributed by atoms with Gasteiger partial charge in [-0.15, -0.1) is 0 Å². The third kappa shape index (κ3) is 3.22. The molecule has 5 heteroatoms. The van der Waals surface area contributed by atoms with Crippen LogP contribution in [0.1, 0.15) is 23.7 Å². The van der Waals surface area contributed by atoms with Crippen LogP contribution in [0.4, 0.5) is 5.69 Å². The number of anilines is 1. The van der Waals surface area contributed by atoms with Crippen molar-refractivity contribution < 1.29 is 9.53 Å². The van der Waals surface area contributed by atoms with Crippen LogP contribution in [0.25, 0.3) is 0 Å². The number of nitrogens with two attached hydrogens (primary N) is 1. The number of rotatable bonds is 3. The van der Waals surface area contributed by atoms with Gasteiger partial charge in [0.2, 0.25) is 0 Å². The van der Waals surface area contributed by atoms with E-state index in [0.717, 1.165) is 19.5 Å². The molecule has 1 fully saturated rings. The number of amides is 1. The second-order valence-corrected chi connectivity index (χ2v) is 5.56. The largest absolute Gasteiger partial charge is 0.495 e. The molecule has 20 heavy (non-hydrogen) atoms. The second kappa shape index (κ2) is 6.13. The minimum absolute atomic E-state index is 0.0687. The molecule has 1 aliphatic heterocycles. The van der Waals surface area contributed by atoms with Crippen molar-refractivity contribution >= 4 is 11.6 Å². The summed E-state index contributed by atoms with van der Waals surface area (Å²) in [5.41, 5.74) is 6.90. The van der Waals surface area contributed by atoms with Crippen LogP contribution >= 0.6 is 0 Å². The number of hydrogen-bond acceptors (Lipinski definition) is 4. The third-order valence-corrected chi connectivity index (χ3v) is 3.92. The van der Waals surface area contributed by atoms with Crippen LogP contribution in [0.15, 0.2) is 18.2 Å². The second-order valence-electron chi connectivity index (χ2n) is 5.56. The summed E-state index contributed by atoms with van der Waals surface area (Å²) in [6, 6.07) is 5.35. The average Bonchev–Trinajstić information content (AvgIpc) is 2.41. The molecule has 0 saturated carbocycles. The minimum Gasteiger partial charge on any atom is -0.495 e. The van der Waals surface area contributed by atoms with Gasteiger partial charge in [-0.3, -0.25) is 4.79 Å². The first-order chi connectivity index (χ1) is 9.51. The first-order valence-electron chi connectivity index (χ1n) is 6.94. The van der Waals surface area contributed by atoms with Gasteiger partial charge in [-0.25, -0.2) is 0 Å². The van der Waals surface area contributed by atoms with E-state index in [2.05, 4.69) is 24.2 Å². The molecule has 1 aromatic rings. The van der Waals surface area contributed by atoms with Crippen molar-refractivity contribution in [1.82, 2.24) is 10.2 Å². The zero-order valence-corrected chi connectivity index (χ0v) is 12.3. The van der Waals surface area contributed by atoms with Gasteiger partial charge >= 0.3 is 0 Å². The molecule has 0 aliphatic carbocycles.